The molecule has 0 atom stereocenters. The number of hydrogen-bond acceptors (Lipinski definition) is 3. The lowest BCUT2D eigenvalue weighted by Crippen LogP contribution is -2.05. The highest BCUT2D eigenvalue weighted by Gasteiger charge is 2.22. The van der Waals surface area contributed by atoms with Crippen LogP contribution in [-0.4, -0.2) is 5.78 Å². The average molecular weight is 343 g/mol. The summed E-state index contributed by atoms with van der Waals surface area (Å²) in [5.41, 5.74) is 9.48. The Hall–Kier alpha value is -2.91. The molecule has 122 valence electrons. The Morgan fingerprint density at radius 1 is 0.880 bits per heavy atom. The van der Waals surface area contributed by atoms with Gasteiger partial charge in [-0.1, -0.05) is 66.7 Å². The zero-order valence-electron chi connectivity index (χ0n) is 13.8. The molecule has 0 radical (unpaired) electrons. The maximum absolute atomic E-state index is 13.2. The van der Waals surface area contributed by atoms with E-state index in [1.807, 2.05) is 79.7 Å². The van der Waals surface area contributed by atoms with E-state index in [1.54, 1.807) is 0 Å². The number of fused-ring (bicyclic) bond motifs is 1. The zero-order chi connectivity index (χ0) is 17.4. The number of benzene rings is 3. The summed E-state index contributed by atoms with van der Waals surface area (Å²) in [5, 5.41) is 2.76. The van der Waals surface area contributed by atoms with E-state index in [4.69, 9.17) is 5.73 Å². The quantitative estimate of drug-likeness (QED) is 0.486. The molecular formula is C22H17NOS. The lowest BCUT2D eigenvalue weighted by atomic mass is 9.94. The number of ketones is 1. The van der Waals surface area contributed by atoms with Crippen LogP contribution in [0.25, 0.3) is 21.9 Å². The van der Waals surface area contributed by atoms with Crippen LogP contribution in [0.2, 0.25) is 0 Å². The molecule has 0 unspecified atom stereocenters. The van der Waals surface area contributed by atoms with Gasteiger partial charge in [-0.05, 0) is 29.3 Å². The second kappa shape index (κ2) is 6.19. The van der Waals surface area contributed by atoms with E-state index in [9.17, 15) is 4.79 Å². The molecule has 0 saturated carbocycles. The fourth-order valence-corrected chi connectivity index (χ4v) is 4.17. The third-order valence-electron chi connectivity index (χ3n) is 4.41. The van der Waals surface area contributed by atoms with Crippen molar-refractivity contribution in [3.8, 4) is 11.1 Å². The molecule has 0 bridgehead atoms. The molecule has 0 aliphatic rings. The van der Waals surface area contributed by atoms with Crippen LogP contribution < -0.4 is 5.73 Å². The smallest absolute Gasteiger partial charge is 0.196 e. The summed E-state index contributed by atoms with van der Waals surface area (Å²) in [6, 6.07) is 23.8. The second-order valence-corrected chi connectivity index (χ2v) is 7.29. The lowest BCUT2D eigenvalue weighted by Gasteiger charge is -2.08. The first-order chi connectivity index (χ1) is 12.1. The molecule has 0 spiro atoms. The van der Waals surface area contributed by atoms with Crippen molar-refractivity contribution in [3.05, 3.63) is 88.8 Å². The van der Waals surface area contributed by atoms with E-state index in [2.05, 4.69) is 0 Å². The van der Waals surface area contributed by atoms with Crippen molar-refractivity contribution < 1.29 is 4.79 Å². The molecule has 0 aliphatic carbocycles. The van der Waals surface area contributed by atoms with Crippen molar-refractivity contribution in [2.75, 3.05) is 5.73 Å². The monoisotopic (exact) mass is 343 g/mol. The van der Waals surface area contributed by atoms with Crippen LogP contribution in [0.3, 0.4) is 0 Å². The van der Waals surface area contributed by atoms with Gasteiger partial charge in [0.25, 0.3) is 0 Å². The van der Waals surface area contributed by atoms with E-state index >= 15 is 0 Å². The summed E-state index contributed by atoms with van der Waals surface area (Å²) in [7, 11) is 0. The molecular weight excluding hydrogens is 326 g/mol. The van der Waals surface area contributed by atoms with Gasteiger partial charge in [0.1, 0.15) is 0 Å². The summed E-state index contributed by atoms with van der Waals surface area (Å²) in [5.74, 6) is -0.0218. The largest absolute Gasteiger partial charge is 0.390 e. The van der Waals surface area contributed by atoms with Gasteiger partial charge in [-0.2, -0.15) is 0 Å². The zero-order valence-corrected chi connectivity index (χ0v) is 14.6. The first-order valence-corrected chi connectivity index (χ1v) is 8.94. The minimum Gasteiger partial charge on any atom is -0.390 e. The molecule has 25 heavy (non-hydrogen) atoms. The topological polar surface area (TPSA) is 43.1 Å². The Bertz CT molecular complexity index is 1080. The van der Waals surface area contributed by atoms with Crippen LogP contribution in [0.1, 0.15) is 20.8 Å². The Morgan fingerprint density at radius 3 is 2.32 bits per heavy atom. The van der Waals surface area contributed by atoms with Crippen molar-refractivity contribution in [1.29, 1.82) is 0 Å². The highest BCUT2D eigenvalue weighted by Crippen LogP contribution is 2.39. The highest BCUT2D eigenvalue weighted by atomic mass is 32.1. The van der Waals surface area contributed by atoms with E-state index < -0.39 is 0 Å². The first-order valence-electron chi connectivity index (χ1n) is 8.13. The minimum atomic E-state index is -0.0218. The van der Waals surface area contributed by atoms with Crippen LogP contribution in [0.4, 0.5) is 5.00 Å². The number of carbonyl (C=O) groups is 1. The summed E-state index contributed by atoms with van der Waals surface area (Å²) < 4.78 is 0. The highest BCUT2D eigenvalue weighted by molar-refractivity contribution is 7.16. The summed E-state index contributed by atoms with van der Waals surface area (Å²) in [6.45, 7) is 2.01. The van der Waals surface area contributed by atoms with Gasteiger partial charge in [-0.3, -0.25) is 4.79 Å². The van der Waals surface area contributed by atoms with Gasteiger partial charge in [-0.15, -0.1) is 11.3 Å². The molecule has 4 aromatic rings. The van der Waals surface area contributed by atoms with E-state index in [0.717, 1.165) is 26.8 Å². The molecule has 0 amide bonds. The number of rotatable bonds is 3. The fourth-order valence-electron chi connectivity index (χ4n) is 3.22. The number of anilines is 1. The van der Waals surface area contributed by atoms with Gasteiger partial charge in [0.15, 0.2) is 5.78 Å². The molecule has 4 rings (SSSR count). The van der Waals surface area contributed by atoms with Gasteiger partial charge in [0.05, 0.1) is 10.6 Å². The van der Waals surface area contributed by atoms with E-state index in [-0.39, 0.29) is 5.78 Å². The molecule has 0 fully saturated rings. The Kier molecular flexibility index (Phi) is 3.86. The van der Waals surface area contributed by atoms with Crippen molar-refractivity contribution in [2.45, 2.75) is 6.92 Å². The molecule has 0 saturated heterocycles. The third-order valence-corrected chi connectivity index (χ3v) is 5.35. The third kappa shape index (κ3) is 2.73. The van der Waals surface area contributed by atoms with Gasteiger partial charge in [-0.25, -0.2) is 0 Å². The molecule has 2 N–H and O–H groups in total. The molecule has 1 heterocycles. The van der Waals surface area contributed by atoms with E-state index in [1.165, 1.54) is 11.3 Å². The SMILES string of the molecule is Cc1sc(N)c(C(=O)c2ccc3ccccc3c2)c1-c1ccccc1. The normalized spacial score (nSPS) is 10.9. The maximum atomic E-state index is 13.2. The van der Waals surface area contributed by atoms with Crippen molar-refractivity contribution in [2.24, 2.45) is 0 Å². The molecule has 2 nitrogen and oxygen atoms in total. The van der Waals surface area contributed by atoms with Crippen molar-refractivity contribution >= 4 is 32.9 Å². The Balaban J connectivity index is 1.87. The number of carbonyl (C=O) groups excluding carboxylic acids is 1. The lowest BCUT2D eigenvalue weighted by molar-refractivity contribution is 0.104. The van der Waals surface area contributed by atoms with Crippen LogP contribution in [0.5, 0.6) is 0 Å². The van der Waals surface area contributed by atoms with Crippen LogP contribution in [0, 0.1) is 6.92 Å². The number of nitrogens with two attached hydrogens (primary N) is 1. The molecule has 0 aliphatic heterocycles. The standard InChI is InChI=1S/C22H17NOS/c1-14-19(16-8-3-2-4-9-16)20(22(23)25-14)21(24)18-12-11-15-7-5-6-10-17(15)13-18/h2-13H,23H2,1H3. The Labute approximate surface area is 150 Å². The van der Waals surface area contributed by atoms with Crippen LogP contribution >= 0.6 is 11.3 Å². The minimum absolute atomic E-state index is 0.0218. The van der Waals surface area contributed by atoms with Crippen LogP contribution in [0.15, 0.2) is 72.8 Å². The predicted octanol–water partition coefficient (Wildman–Crippen LogP) is 5.69. The van der Waals surface area contributed by atoms with Gasteiger partial charge in [0, 0.05) is 16.0 Å². The van der Waals surface area contributed by atoms with E-state index in [0.29, 0.717) is 16.1 Å². The summed E-state index contributed by atoms with van der Waals surface area (Å²) in [6.07, 6.45) is 0. The predicted molar refractivity (Wildman–Crippen MR) is 106 cm³/mol. The second-order valence-electron chi connectivity index (χ2n) is 6.03. The van der Waals surface area contributed by atoms with Crippen molar-refractivity contribution in [1.82, 2.24) is 0 Å². The number of nitrogen functional groups attached to an aromatic ring is 1. The molecule has 3 heteroatoms. The summed E-state index contributed by atoms with van der Waals surface area (Å²) in [4.78, 5) is 14.3. The molecule has 3 aromatic carbocycles. The van der Waals surface area contributed by atoms with Gasteiger partial charge < -0.3 is 5.73 Å². The van der Waals surface area contributed by atoms with Gasteiger partial charge in [0.2, 0.25) is 0 Å². The maximum Gasteiger partial charge on any atom is 0.196 e. The molecule has 1 aromatic heterocycles. The van der Waals surface area contributed by atoms with Crippen LogP contribution in [-0.2, 0) is 0 Å². The number of thiophene rings is 1. The average Bonchev–Trinajstić information content (AvgIpc) is 2.95. The van der Waals surface area contributed by atoms with Gasteiger partial charge >= 0.3 is 0 Å². The Morgan fingerprint density at radius 2 is 1.56 bits per heavy atom. The summed E-state index contributed by atoms with van der Waals surface area (Å²) >= 11 is 1.47. The first kappa shape index (κ1) is 15.6. The van der Waals surface area contributed by atoms with Crippen molar-refractivity contribution in [3.63, 3.8) is 0 Å². The number of hydrogen-bond donors (Lipinski definition) is 1. The fraction of sp³-hybridized carbons (Fsp3) is 0.0455. The number of aryl methyl sites for hydroxylation is 1.